The minimum absolute atomic E-state index is 0.00843. The molecular weight excluding hydrogens is 404 g/mol. The first kappa shape index (κ1) is 25.9. The lowest BCUT2D eigenvalue weighted by Gasteiger charge is -2.04. The molecule has 0 aromatic heterocycles. The predicted molar refractivity (Wildman–Crippen MR) is 119 cm³/mol. The van der Waals surface area contributed by atoms with E-state index in [0.717, 1.165) is 38.5 Å². The molecule has 0 saturated heterocycles. The van der Waals surface area contributed by atoms with E-state index >= 15 is 0 Å². The average molecular weight is 441 g/mol. The normalized spacial score (nSPS) is 12.9. The molecule has 3 nitrogen and oxygen atoms in total. The van der Waals surface area contributed by atoms with Crippen molar-refractivity contribution in [2.45, 2.75) is 73.1 Å². The molecule has 0 aromatic rings. The summed E-state index contributed by atoms with van der Waals surface area (Å²) in [6.07, 6.45) is 15.7. The Kier molecular flexibility index (Phi) is 16.3. The molecule has 0 aliphatic heterocycles. The summed E-state index contributed by atoms with van der Waals surface area (Å²) in [5.74, 6) is -0.311. The predicted octanol–water partition coefficient (Wildman–Crippen LogP) is 7.04. The summed E-state index contributed by atoms with van der Waals surface area (Å²) in [6.45, 7) is 11.3. The van der Waals surface area contributed by atoms with E-state index in [1.54, 1.807) is 0 Å². The van der Waals surface area contributed by atoms with E-state index in [-0.39, 0.29) is 18.1 Å². The first-order chi connectivity index (χ1) is 12.8. The summed E-state index contributed by atoms with van der Waals surface area (Å²) in [5.41, 5.74) is 5.63. The van der Waals surface area contributed by atoms with Crippen LogP contribution in [0.15, 0.2) is 46.6 Å². The highest BCUT2D eigenvalue weighted by molar-refractivity contribution is 9.09. The number of carbonyl (C=O) groups is 1. The zero-order chi connectivity index (χ0) is 20.5. The third kappa shape index (κ3) is 18.0. The van der Waals surface area contributed by atoms with Gasteiger partial charge in [0.25, 0.3) is 0 Å². The smallest absolute Gasteiger partial charge is 0.318 e. The Morgan fingerprint density at radius 1 is 0.778 bits per heavy atom. The maximum absolute atomic E-state index is 10.9. The molecule has 4 heteroatoms. The van der Waals surface area contributed by atoms with Crippen LogP contribution in [-0.2, 0) is 14.3 Å². The maximum Gasteiger partial charge on any atom is 0.318 e. The molecular formula is C23H37BrO3. The molecule has 0 amide bonds. The van der Waals surface area contributed by atoms with Gasteiger partial charge in [0.15, 0.2) is 6.79 Å². The van der Waals surface area contributed by atoms with Gasteiger partial charge in [-0.15, -0.1) is 0 Å². The Morgan fingerprint density at radius 3 is 1.74 bits per heavy atom. The summed E-state index contributed by atoms with van der Waals surface area (Å²) in [7, 11) is 0. The summed E-state index contributed by atoms with van der Waals surface area (Å²) < 4.78 is 10.1. The van der Waals surface area contributed by atoms with E-state index in [2.05, 4.69) is 68.8 Å². The van der Waals surface area contributed by atoms with Gasteiger partial charge in [-0.2, -0.15) is 0 Å². The summed E-state index contributed by atoms with van der Waals surface area (Å²) in [6, 6.07) is 0. The topological polar surface area (TPSA) is 35.5 Å². The highest BCUT2D eigenvalue weighted by Gasteiger charge is 1.97. The fourth-order valence-corrected chi connectivity index (χ4v) is 2.54. The van der Waals surface area contributed by atoms with Gasteiger partial charge in [0, 0.05) is 0 Å². The van der Waals surface area contributed by atoms with Crippen LogP contribution >= 0.6 is 15.9 Å². The summed E-state index contributed by atoms with van der Waals surface area (Å²) in [5, 5.41) is 0.197. The van der Waals surface area contributed by atoms with Gasteiger partial charge in [-0.1, -0.05) is 62.5 Å². The maximum atomic E-state index is 10.9. The standard InChI is InChI=1S/C23H37BrO3/c1-19(2)9-6-10-20(3)11-7-12-21(4)13-8-14-22(5)15-16-26-18-27-23(25)17-24/h9,11,13,15H,6-8,10,12,14,16-18H2,1-5H3/b20-11+,21-13+,22-15+. The van der Waals surface area contributed by atoms with Gasteiger partial charge in [0.05, 0.1) is 6.61 Å². The van der Waals surface area contributed by atoms with Crippen LogP contribution in [0, 0.1) is 0 Å². The monoisotopic (exact) mass is 440 g/mol. The second-order valence-electron chi connectivity index (χ2n) is 7.19. The minimum atomic E-state index is -0.311. The number of allylic oxidation sites excluding steroid dienone is 7. The highest BCUT2D eigenvalue weighted by Crippen LogP contribution is 2.13. The number of rotatable bonds is 14. The lowest BCUT2D eigenvalue weighted by molar-refractivity contribution is -0.151. The van der Waals surface area contributed by atoms with E-state index in [9.17, 15) is 4.79 Å². The Bertz CT molecular complexity index is 538. The van der Waals surface area contributed by atoms with E-state index in [1.165, 1.54) is 22.3 Å². The van der Waals surface area contributed by atoms with Gasteiger partial charge in [-0.3, -0.25) is 4.79 Å². The Balaban J connectivity index is 3.92. The van der Waals surface area contributed by atoms with Gasteiger partial charge in [0.2, 0.25) is 0 Å². The fourth-order valence-electron chi connectivity index (χ4n) is 2.38. The van der Waals surface area contributed by atoms with Crippen LogP contribution in [0.2, 0.25) is 0 Å². The SMILES string of the molecule is CC(C)=CCC/C(C)=C/CC/C(C)=C/CC/C(C)=C/COCOC(=O)CBr. The molecule has 0 radical (unpaired) electrons. The van der Waals surface area contributed by atoms with Crippen molar-refractivity contribution in [2.24, 2.45) is 0 Å². The molecule has 0 aliphatic carbocycles. The van der Waals surface area contributed by atoms with Crippen molar-refractivity contribution >= 4 is 21.9 Å². The van der Waals surface area contributed by atoms with Gasteiger partial charge >= 0.3 is 5.97 Å². The van der Waals surface area contributed by atoms with E-state index in [1.807, 2.05) is 6.08 Å². The highest BCUT2D eigenvalue weighted by atomic mass is 79.9. The average Bonchev–Trinajstić information content (AvgIpc) is 2.60. The number of hydrogen-bond acceptors (Lipinski definition) is 3. The van der Waals surface area contributed by atoms with Crippen molar-refractivity contribution in [3.63, 3.8) is 0 Å². The van der Waals surface area contributed by atoms with Crippen molar-refractivity contribution in [1.29, 1.82) is 0 Å². The molecule has 0 rings (SSSR count). The van der Waals surface area contributed by atoms with E-state index in [0.29, 0.717) is 6.61 Å². The number of carbonyl (C=O) groups excluding carboxylic acids is 1. The third-order valence-electron chi connectivity index (χ3n) is 4.12. The molecule has 0 heterocycles. The van der Waals surface area contributed by atoms with Crippen molar-refractivity contribution in [3.05, 3.63) is 46.6 Å². The number of alkyl halides is 1. The van der Waals surface area contributed by atoms with Crippen LogP contribution in [-0.4, -0.2) is 24.7 Å². The first-order valence-electron chi connectivity index (χ1n) is 9.74. The lowest BCUT2D eigenvalue weighted by Crippen LogP contribution is -2.09. The number of esters is 1. The molecule has 0 fully saturated rings. The summed E-state index contributed by atoms with van der Waals surface area (Å²) >= 11 is 3.03. The Hall–Kier alpha value is -1.13. The second-order valence-corrected chi connectivity index (χ2v) is 7.75. The van der Waals surface area contributed by atoms with E-state index < -0.39 is 0 Å². The molecule has 154 valence electrons. The Labute approximate surface area is 174 Å². The van der Waals surface area contributed by atoms with Crippen LogP contribution in [0.5, 0.6) is 0 Å². The molecule has 0 saturated carbocycles. The minimum Gasteiger partial charge on any atom is -0.438 e. The van der Waals surface area contributed by atoms with E-state index in [4.69, 9.17) is 9.47 Å². The van der Waals surface area contributed by atoms with Gasteiger partial charge in [0.1, 0.15) is 5.33 Å². The summed E-state index contributed by atoms with van der Waals surface area (Å²) in [4.78, 5) is 10.9. The molecule has 0 N–H and O–H groups in total. The Morgan fingerprint density at radius 2 is 1.26 bits per heavy atom. The number of halogens is 1. The quantitative estimate of drug-likeness (QED) is 0.0953. The number of hydrogen-bond donors (Lipinski definition) is 0. The van der Waals surface area contributed by atoms with Crippen molar-refractivity contribution in [2.75, 3.05) is 18.7 Å². The molecule has 0 aromatic carbocycles. The second kappa shape index (κ2) is 17.0. The number of ether oxygens (including phenoxy) is 2. The third-order valence-corrected chi connectivity index (χ3v) is 4.57. The fraction of sp³-hybridized carbons (Fsp3) is 0.609. The van der Waals surface area contributed by atoms with Crippen LogP contribution < -0.4 is 0 Å². The van der Waals surface area contributed by atoms with Crippen molar-refractivity contribution in [1.82, 2.24) is 0 Å². The largest absolute Gasteiger partial charge is 0.438 e. The molecule has 27 heavy (non-hydrogen) atoms. The van der Waals surface area contributed by atoms with Gasteiger partial charge < -0.3 is 9.47 Å². The molecule has 0 bridgehead atoms. The van der Waals surface area contributed by atoms with Crippen LogP contribution in [0.25, 0.3) is 0 Å². The van der Waals surface area contributed by atoms with Gasteiger partial charge in [-0.05, 0) is 73.1 Å². The molecule has 0 aliphatic rings. The molecule has 0 unspecified atom stereocenters. The lowest BCUT2D eigenvalue weighted by atomic mass is 10.0. The van der Waals surface area contributed by atoms with Crippen LogP contribution in [0.4, 0.5) is 0 Å². The molecule has 0 spiro atoms. The zero-order valence-corrected chi connectivity index (χ0v) is 19.4. The van der Waals surface area contributed by atoms with Gasteiger partial charge in [-0.25, -0.2) is 0 Å². The molecule has 0 atom stereocenters. The zero-order valence-electron chi connectivity index (χ0n) is 17.8. The van der Waals surface area contributed by atoms with Crippen molar-refractivity contribution < 1.29 is 14.3 Å². The van der Waals surface area contributed by atoms with Crippen LogP contribution in [0.3, 0.4) is 0 Å². The van der Waals surface area contributed by atoms with Crippen molar-refractivity contribution in [3.8, 4) is 0 Å². The first-order valence-corrected chi connectivity index (χ1v) is 10.9. The van der Waals surface area contributed by atoms with Crippen LogP contribution in [0.1, 0.15) is 73.1 Å².